The van der Waals surface area contributed by atoms with Gasteiger partial charge in [0, 0.05) is 57.1 Å². The molecule has 2 heterocycles. The molecular weight excluding hydrogens is 398 g/mol. The molecule has 31 heavy (non-hydrogen) atoms. The van der Waals surface area contributed by atoms with Gasteiger partial charge in [-0.25, -0.2) is 13.6 Å². The van der Waals surface area contributed by atoms with Crippen LogP contribution in [0.15, 0.2) is 48.5 Å². The predicted molar refractivity (Wildman–Crippen MR) is 118 cm³/mol. The van der Waals surface area contributed by atoms with E-state index in [1.165, 1.54) is 11.6 Å². The van der Waals surface area contributed by atoms with Crippen LogP contribution in [0, 0.1) is 17.6 Å². The molecule has 2 saturated heterocycles. The molecule has 2 aromatic carbocycles. The SMILES string of the molecule is O=C(NCC1CCN(c2ccc(F)c(F)c2)C1)NC1CCN(Cc2ccccc2)CC1. The maximum atomic E-state index is 13.5. The van der Waals surface area contributed by atoms with Crippen molar-refractivity contribution in [3.8, 4) is 0 Å². The molecule has 5 nitrogen and oxygen atoms in total. The number of nitrogens with one attached hydrogen (secondary N) is 2. The van der Waals surface area contributed by atoms with Crippen molar-refractivity contribution in [1.82, 2.24) is 15.5 Å². The molecule has 0 radical (unpaired) electrons. The van der Waals surface area contributed by atoms with Gasteiger partial charge in [-0.2, -0.15) is 0 Å². The monoisotopic (exact) mass is 428 g/mol. The second kappa shape index (κ2) is 10.1. The number of nitrogens with zero attached hydrogens (tertiary/aromatic N) is 2. The van der Waals surface area contributed by atoms with E-state index in [9.17, 15) is 13.6 Å². The number of rotatable bonds is 6. The van der Waals surface area contributed by atoms with Crippen LogP contribution in [0.2, 0.25) is 0 Å². The minimum Gasteiger partial charge on any atom is -0.371 e. The van der Waals surface area contributed by atoms with Crippen LogP contribution in [-0.2, 0) is 6.54 Å². The summed E-state index contributed by atoms with van der Waals surface area (Å²) in [5, 5.41) is 6.09. The molecule has 2 amide bonds. The van der Waals surface area contributed by atoms with E-state index in [-0.39, 0.29) is 12.1 Å². The van der Waals surface area contributed by atoms with Gasteiger partial charge in [0.1, 0.15) is 0 Å². The topological polar surface area (TPSA) is 47.6 Å². The molecule has 2 aromatic rings. The first-order chi connectivity index (χ1) is 15.1. The van der Waals surface area contributed by atoms with Gasteiger partial charge in [0.05, 0.1) is 0 Å². The first-order valence-electron chi connectivity index (χ1n) is 11.1. The molecule has 166 valence electrons. The lowest BCUT2D eigenvalue weighted by atomic mass is 10.0. The molecule has 2 aliphatic heterocycles. The molecule has 1 unspecified atom stereocenters. The third-order valence-corrected chi connectivity index (χ3v) is 6.28. The van der Waals surface area contributed by atoms with Crippen LogP contribution in [-0.4, -0.2) is 49.7 Å². The van der Waals surface area contributed by atoms with Crippen LogP contribution in [0.5, 0.6) is 0 Å². The van der Waals surface area contributed by atoms with Gasteiger partial charge in [-0.15, -0.1) is 0 Å². The molecule has 2 aliphatic rings. The Kier molecular flexibility index (Phi) is 7.02. The quantitative estimate of drug-likeness (QED) is 0.737. The first-order valence-corrected chi connectivity index (χ1v) is 11.1. The maximum Gasteiger partial charge on any atom is 0.315 e. The van der Waals surface area contributed by atoms with Gasteiger partial charge in [-0.3, -0.25) is 4.90 Å². The number of hydrogen-bond donors (Lipinski definition) is 2. The number of hydrogen-bond acceptors (Lipinski definition) is 3. The summed E-state index contributed by atoms with van der Waals surface area (Å²) < 4.78 is 26.6. The summed E-state index contributed by atoms with van der Waals surface area (Å²) in [6, 6.07) is 14.5. The molecule has 4 rings (SSSR count). The van der Waals surface area contributed by atoms with E-state index >= 15 is 0 Å². The van der Waals surface area contributed by atoms with E-state index in [4.69, 9.17) is 0 Å². The Hall–Kier alpha value is -2.67. The number of amides is 2. The van der Waals surface area contributed by atoms with Crippen molar-refractivity contribution < 1.29 is 13.6 Å². The fourth-order valence-corrected chi connectivity index (χ4v) is 4.47. The standard InChI is InChI=1S/C24H30F2N4O/c25-22-7-6-21(14-23(22)26)30-13-8-19(17-30)15-27-24(31)28-20-9-11-29(12-10-20)16-18-4-2-1-3-5-18/h1-7,14,19-20H,8-13,15-17H2,(H2,27,28,31). The maximum absolute atomic E-state index is 13.5. The predicted octanol–water partition coefficient (Wildman–Crippen LogP) is 3.75. The van der Waals surface area contributed by atoms with Crippen LogP contribution >= 0.6 is 0 Å². The van der Waals surface area contributed by atoms with Crippen molar-refractivity contribution in [1.29, 1.82) is 0 Å². The third-order valence-electron chi connectivity index (χ3n) is 6.28. The van der Waals surface area contributed by atoms with E-state index in [1.54, 1.807) is 6.07 Å². The summed E-state index contributed by atoms with van der Waals surface area (Å²) in [6.07, 6.45) is 2.82. The van der Waals surface area contributed by atoms with Gasteiger partial charge in [-0.1, -0.05) is 30.3 Å². The second-order valence-corrected chi connectivity index (χ2v) is 8.59. The Morgan fingerprint density at radius 1 is 0.968 bits per heavy atom. The number of anilines is 1. The van der Waals surface area contributed by atoms with Crippen LogP contribution in [0.4, 0.5) is 19.3 Å². The van der Waals surface area contributed by atoms with Crippen molar-refractivity contribution in [2.75, 3.05) is 37.6 Å². The molecule has 0 aromatic heterocycles. The highest BCUT2D eigenvalue weighted by atomic mass is 19.2. The summed E-state index contributed by atoms with van der Waals surface area (Å²) >= 11 is 0. The zero-order valence-electron chi connectivity index (χ0n) is 17.7. The highest BCUT2D eigenvalue weighted by Crippen LogP contribution is 2.25. The van der Waals surface area contributed by atoms with Gasteiger partial charge in [0.15, 0.2) is 11.6 Å². The smallest absolute Gasteiger partial charge is 0.315 e. The number of halogens is 2. The summed E-state index contributed by atoms with van der Waals surface area (Å²) in [5.41, 5.74) is 2.01. The lowest BCUT2D eigenvalue weighted by molar-refractivity contribution is 0.186. The second-order valence-electron chi connectivity index (χ2n) is 8.59. The molecule has 0 aliphatic carbocycles. The Morgan fingerprint density at radius 2 is 1.74 bits per heavy atom. The fraction of sp³-hybridized carbons (Fsp3) is 0.458. The third kappa shape index (κ3) is 5.94. The Labute approximate surface area is 182 Å². The lowest BCUT2D eigenvalue weighted by Crippen LogP contribution is -2.48. The summed E-state index contributed by atoms with van der Waals surface area (Å²) in [5.74, 6) is -1.36. The molecule has 1 atom stereocenters. The molecule has 0 spiro atoms. The zero-order valence-corrected chi connectivity index (χ0v) is 17.7. The molecule has 0 saturated carbocycles. The normalized spacial score (nSPS) is 20.1. The molecule has 0 bridgehead atoms. The zero-order chi connectivity index (χ0) is 21.6. The molecule has 2 N–H and O–H groups in total. The fourth-order valence-electron chi connectivity index (χ4n) is 4.47. The van der Waals surface area contributed by atoms with Crippen LogP contribution in [0.1, 0.15) is 24.8 Å². The number of urea groups is 1. The molecule has 7 heteroatoms. The first kappa shape index (κ1) is 21.6. The highest BCUT2D eigenvalue weighted by molar-refractivity contribution is 5.74. The van der Waals surface area contributed by atoms with Gasteiger partial charge in [0.2, 0.25) is 0 Å². The van der Waals surface area contributed by atoms with Crippen molar-refractivity contribution in [2.45, 2.75) is 31.8 Å². The van der Waals surface area contributed by atoms with Gasteiger partial charge in [0.25, 0.3) is 0 Å². The highest BCUT2D eigenvalue weighted by Gasteiger charge is 2.25. The van der Waals surface area contributed by atoms with Crippen molar-refractivity contribution in [3.05, 3.63) is 65.7 Å². The Bertz CT molecular complexity index is 871. The average molecular weight is 429 g/mol. The van der Waals surface area contributed by atoms with E-state index in [0.29, 0.717) is 18.2 Å². The van der Waals surface area contributed by atoms with Crippen LogP contribution in [0.25, 0.3) is 0 Å². The van der Waals surface area contributed by atoms with Crippen molar-refractivity contribution in [3.63, 3.8) is 0 Å². The van der Waals surface area contributed by atoms with Crippen LogP contribution in [0.3, 0.4) is 0 Å². The summed E-state index contributed by atoms with van der Waals surface area (Å²) in [4.78, 5) is 16.8. The van der Waals surface area contributed by atoms with Crippen molar-refractivity contribution >= 4 is 11.7 Å². The number of carbonyl (C=O) groups is 1. The van der Waals surface area contributed by atoms with E-state index in [0.717, 1.165) is 58.1 Å². The van der Waals surface area contributed by atoms with E-state index in [1.807, 2.05) is 11.0 Å². The molecular formula is C24H30F2N4O. The average Bonchev–Trinajstić information content (AvgIpc) is 3.25. The number of carbonyl (C=O) groups excluding carboxylic acids is 1. The van der Waals surface area contributed by atoms with Gasteiger partial charge < -0.3 is 15.5 Å². The van der Waals surface area contributed by atoms with Crippen LogP contribution < -0.4 is 15.5 Å². The number of likely N-dealkylation sites (tertiary alicyclic amines) is 1. The summed E-state index contributed by atoms with van der Waals surface area (Å²) in [6.45, 7) is 4.99. The number of piperidine rings is 1. The van der Waals surface area contributed by atoms with E-state index in [2.05, 4.69) is 39.8 Å². The summed E-state index contributed by atoms with van der Waals surface area (Å²) in [7, 11) is 0. The van der Waals surface area contributed by atoms with E-state index < -0.39 is 11.6 Å². The Balaban J connectivity index is 1.14. The number of benzene rings is 2. The largest absolute Gasteiger partial charge is 0.371 e. The van der Waals surface area contributed by atoms with Gasteiger partial charge >= 0.3 is 6.03 Å². The molecule has 2 fully saturated rings. The van der Waals surface area contributed by atoms with Gasteiger partial charge in [-0.05, 0) is 42.9 Å². The minimum atomic E-state index is -0.830. The van der Waals surface area contributed by atoms with Crippen molar-refractivity contribution in [2.24, 2.45) is 5.92 Å². The minimum absolute atomic E-state index is 0.118. The Morgan fingerprint density at radius 3 is 2.48 bits per heavy atom. The lowest BCUT2D eigenvalue weighted by Gasteiger charge is -2.32.